The summed E-state index contributed by atoms with van der Waals surface area (Å²) in [6, 6.07) is 7.78. The largest absolute Gasteiger partial charge is 0.446 e. The lowest BCUT2D eigenvalue weighted by Gasteiger charge is -2.13. The molecule has 1 fully saturated rings. The number of nitrogens with zero attached hydrogens (tertiary/aromatic N) is 2. The van der Waals surface area contributed by atoms with Gasteiger partial charge < -0.3 is 20.1 Å². The Balaban J connectivity index is 1.51. The van der Waals surface area contributed by atoms with Crippen molar-refractivity contribution in [1.82, 2.24) is 20.5 Å². The highest BCUT2D eigenvalue weighted by Gasteiger charge is 2.29. The van der Waals surface area contributed by atoms with E-state index in [1.54, 1.807) is 0 Å². The number of anilines is 2. The van der Waals surface area contributed by atoms with Gasteiger partial charge in [0, 0.05) is 30.8 Å². The van der Waals surface area contributed by atoms with Gasteiger partial charge in [-0.25, -0.2) is 9.78 Å². The van der Waals surface area contributed by atoms with Crippen molar-refractivity contribution in [2.24, 2.45) is 0 Å². The average Bonchev–Trinajstić information content (AvgIpc) is 3.27. The van der Waals surface area contributed by atoms with E-state index in [4.69, 9.17) is 9.47 Å². The topological polar surface area (TPSA) is 101 Å². The summed E-state index contributed by atoms with van der Waals surface area (Å²) in [6.07, 6.45) is 2.99. The SMILES string of the molecule is O=C1NCCCOCc2cccc(n2)Nc2cc([nH]n2)[C@H]2CC[C@H](C2)O1. The van der Waals surface area contributed by atoms with Crippen molar-refractivity contribution in [3.63, 3.8) is 0 Å². The first-order valence-corrected chi connectivity index (χ1v) is 9.07. The minimum Gasteiger partial charge on any atom is -0.446 e. The molecule has 3 N–H and O–H groups in total. The van der Waals surface area contributed by atoms with Crippen LogP contribution in [-0.4, -0.2) is 40.5 Å². The molecular weight excluding hydrogens is 334 g/mol. The lowest BCUT2D eigenvalue weighted by atomic mass is 10.0. The lowest BCUT2D eigenvalue weighted by molar-refractivity contribution is 0.0956. The fraction of sp³-hybridized carbons (Fsp3) is 0.500. The van der Waals surface area contributed by atoms with E-state index >= 15 is 0 Å². The van der Waals surface area contributed by atoms with Crippen LogP contribution in [0.5, 0.6) is 0 Å². The van der Waals surface area contributed by atoms with E-state index in [1.807, 2.05) is 24.3 Å². The van der Waals surface area contributed by atoms with Crippen LogP contribution in [0.1, 0.15) is 43.0 Å². The summed E-state index contributed by atoms with van der Waals surface area (Å²) in [5, 5.41) is 13.4. The number of aromatic nitrogens is 3. The van der Waals surface area contributed by atoms with Gasteiger partial charge in [-0.3, -0.25) is 5.10 Å². The van der Waals surface area contributed by atoms with Crippen molar-refractivity contribution >= 4 is 17.7 Å². The van der Waals surface area contributed by atoms with Crippen LogP contribution < -0.4 is 10.6 Å². The van der Waals surface area contributed by atoms with E-state index in [2.05, 4.69) is 25.8 Å². The van der Waals surface area contributed by atoms with Gasteiger partial charge in [0.15, 0.2) is 5.82 Å². The van der Waals surface area contributed by atoms with E-state index in [-0.39, 0.29) is 12.2 Å². The summed E-state index contributed by atoms with van der Waals surface area (Å²) in [6.45, 7) is 1.51. The average molecular weight is 357 g/mol. The lowest BCUT2D eigenvalue weighted by Crippen LogP contribution is -2.29. The minimum absolute atomic E-state index is 0.0480. The fourth-order valence-corrected chi connectivity index (χ4v) is 3.43. The van der Waals surface area contributed by atoms with Crippen LogP contribution in [0.4, 0.5) is 16.4 Å². The quantitative estimate of drug-likeness (QED) is 0.670. The summed E-state index contributed by atoms with van der Waals surface area (Å²) in [5.74, 6) is 1.79. The maximum Gasteiger partial charge on any atom is 0.407 e. The molecule has 4 rings (SSSR count). The molecule has 2 aromatic rings. The molecule has 0 saturated heterocycles. The maximum absolute atomic E-state index is 11.9. The van der Waals surface area contributed by atoms with Crippen LogP contribution in [0, 0.1) is 0 Å². The van der Waals surface area contributed by atoms with Crippen molar-refractivity contribution in [2.75, 3.05) is 18.5 Å². The standard InChI is InChI=1S/C18H23N5O3/c24-18-19-7-2-8-25-11-13-3-1-4-16(20-13)21-17-10-15(22-23-17)12-5-6-14(9-12)26-18/h1,3-4,10,12,14H,2,5-9,11H2,(H,19,24)(H2,20,21,22,23)/t12-,14+/m0/s1. The van der Waals surface area contributed by atoms with Gasteiger partial charge in [-0.05, 0) is 37.8 Å². The highest BCUT2D eigenvalue weighted by molar-refractivity contribution is 5.67. The van der Waals surface area contributed by atoms with Gasteiger partial charge >= 0.3 is 6.09 Å². The third kappa shape index (κ3) is 4.13. The van der Waals surface area contributed by atoms with Gasteiger partial charge in [-0.2, -0.15) is 5.10 Å². The van der Waals surface area contributed by atoms with Crippen LogP contribution in [0.2, 0.25) is 0 Å². The molecule has 0 unspecified atom stereocenters. The Hall–Kier alpha value is -2.61. The number of nitrogens with one attached hydrogen (secondary N) is 3. The van der Waals surface area contributed by atoms with Gasteiger partial charge in [0.2, 0.25) is 0 Å². The van der Waals surface area contributed by atoms with Gasteiger partial charge in [0.25, 0.3) is 0 Å². The number of hydrogen-bond acceptors (Lipinski definition) is 6. The first-order valence-electron chi connectivity index (χ1n) is 9.07. The smallest absolute Gasteiger partial charge is 0.407 e. The molecule has 2 aliphatic rings. The molecule has 6 bridgehead atoms. The molecule has 8 heteroatoms. The minimum atomic E-state index is -0.349. The van der Waals surface area contributed by atoms with E-state index in [0.717, 1.165) is 48.7 Å². The number of amides is 1. The van der Waals surface area contributed by atoms with Crippen molar-refractivity contribution in [3.8, 4) is 0 Å². The molecule has 2 aromatic heterocycles. The van der Waals surface area contributed by atoms with Crippen LogP contribution >= 0.6 is 0 Å². The van der Waals surface area contributed by atoms with Crippen LogP contribution in [0.15, 0.2) is 24.3 Å². The predicted octanol–water partition coefficient (Wildman–Crippen LogP) is 2.83. The molecule has 1 aliphatic carbocycles. The Labute approximate surface area is 151 Å². The van der Waals surface area contributed by atoms with Crippen LogP contribution in [-0.2, 0) is 16.1 Å². The summed E-state index contributed by atoms with van der Waals surface area (Å²) in [5.41, 5.74) is 1.90. The highest BCUT2D eigenvalue weighted by Crippen LogP contribution is 2.36. The Morgan fingerprint density at radius 2 is 2.15 bits per heavy atom. The zero-order valence-corrected chi connectivity index (χ0v) is 14.5. The Kier molecular flexibility index (Phi) is 5.01. The molecule has 1 amide bonds. The summed E-state index contributed by atoms with van der Waals surface area (Å²) >= 11 is 0. The van der Waals surface area contributed by atoms with Gasteiger partial charge in [-0.1, -0.05) is 6.07 Å². The van der Waals surface area contributed by atoms with E-state index < -0.39 is 0 Å². The van der Waals surface area contributed by atoms with Gasteiger partial charge in [0.05, 0.1) is 12.3 Å². The molecule has 3 heterocycles. The molecule has 26 heavy (non-hydrogen) atoms. The molecule has 0 radical (unpaired) electrons. The predicted molar refractivity (Wildman–Crippen MR) is 95.2 cm³/mol. The summed E-state index contributed by atoms with van der Waals surface area (Å²) < 4.78 is 11.1. The fourth-order valence-electron chi connectivity index (χ4n) is 3.43. The summed E-state index contributed by atoms with van der Waals surface area (Å²) in [7, 11) is 0. The van der Waals surface area contributed by atoms with Crippen molar-refractivity contribution in [3.05, 3.63) is 35.7 Å². The normalized spacial score (nSPS) is 23.9. The van der Waals surface area contributed by atoms with Crippen molar-refractivity contribution < 1.29 is 14.3 Å². The van der Waals surface area contributed by atoms with E-state index in [1.165, 1.54) is 0 Å². The highest BCUT2D eigenvalue weighted by atomic mass is 16.6. The second kappa shape index (κ2) is 7.74. The molecule has 2 atom stereocenters. The second-order valence-corrected chi connectivity index (χ2v) is 6.72. The third-order valence-electron chi connectivity index (χ3n) is 4.74. The Bertz CT molecular complexity index is 763. The van der Waals surface area contributed by atoms with Crippen molar-refractivity contribution in [1.29, 1.82) is 0 Å². The number of rotatable bonds is 0. The Morgan fingerprint density at radius 1 is 1.19 bits per heavy atom. The third-order valence-corrected chi connectivity index (χ3v) is 4.74. The molecule has 8 nitrogen and oxygen atoms in total. The number of aromatic amines is 1. The number of pyridine rings is 1. The van der Waals surface area contributed by atoms with E-state index in [0.29, 0.717) is 25.7 Å². The van der Waals surface area contributed by atoms with Crippen molar-refractivity contribution in [2.45, 2.75) is 44.3 Å². The Morgan fingerprint density at radius 3 is 3.12 bits per heavy atom. The van der Waals surface area contributed by atoms with Gasteiger partial charge in [-0.15, -0.1) is 0 Å². The zero-order chi connectivity index (χ0) is 17.8. The molecule has 138 valence electrons. The number of carbonyl (C=O) groups excluding carboxylic acids is 1. The number of fused-ring (bicyclic) bond motifs is 7. The second-order valence-electron chi connectivity index (χ2n) is 6.72. The van der Waals surface area contributed by atoms with Crippen LogP contribution in [0.3, 0.4) is 0 Å². The maximum atomic E-state index is 11.9. The first-order chi connectivity index (χ1) is 12.8. The van der Waals surface area contributed by atoms with E-state index in [9.17, 15) is 4.79 Å². The van der Waals surface area contributed by atoms with Crippen LogP contribution in [0.25, 0.3) is 0 Å². The first kappa shape index (κ1) is 16.8. The zero-order valence-electron chi connectivity index (χ0n) is 14.5. The number of ether oxygens (including phenoxy) is 2. The molecule has 1 aliphatic heterocycles. The molecule has 0 aromatic carbocycles. The number of H-pyrrole nitrogens is 1. The molecule has 1 saturated carbocycles. The molecular formula is C18H23N5O3. The number of carbonyl (C=O) groups is 1. The number of alkyl carbamates (subject to hydrolysis) is 1. The monoisotopic (exact) mass is 357 g/mol. The van der Waals surface area contributed by atoms with Gasteiger partial charge in [0.1, 0.15) is 11.9 Å². The number of hydrogen-bond donors (Lipinski definition) is 3. The summed E-state index contributed by atoms with van der Waals surface area (Å²) in [4.78, 5) is 16.4. The molecule has 0 spiro atoms.